The quantitative estimate of drug-likeness (QED) is 0.454. The number of rotatable bonds is 5. The SMILES string of the molecule is CCNC(=NCc1nc(C(F)(F)F)cs1)NC(C)c1ccc(F)cc1F. The molecule has 2 N–H and O–H groups in total. The number of hydrogen-bond acceptors (Lipinski definition) is 3. The van der Waals surface area contributed by atoms with E-state index in [0.717, 1.165) is 28.8 Å². The van der Waals surface area contributed by atoms with Gasteiger partial charge in [0.05, 0.1) is 12.6 Å². The standard InChI is InChI=1S/C16H17F5N4S/c1-3-22-15(23-7-14-25-13(8-26-14)16(19,20)21)24-9(2)11-5-4-10(17)6-12(11)18/h4-6,8-9H,3,7H2,1-2H3,(H2,22,23,24). The molecule has 0 spiro atoms. The fourth-order valence-corrected chi connectivity index (χ4v) is 2.84. The third-order valence-electron chi connectivity index (χ3n) is 3.34. The lowest BCUT2D eigenvalue weighted by Crippen LogP contribution is -2.39. The van der Waals surface area contributed by atoms with Gasteiger partial charge in [0.1, 0.15) is 16.6 Å². The van der Waals surface area contributed by atoms with Gasteiger partial charge in [-0.2, -0.15) is 13.2 Å². The Morgan fingerprint density at radius 2 is 2.04 bits per heavy atom. The van der Waals surface area contributed by atoms with E-state index in [9.17, 15) is 22.0 Å². The summed E-state index contributed by atoms with van der Waals surface area (Å²) < 4.78 is 64.6. The van der Waals surface area contributed by atoms with Crippen LogP contribution in [0.3, 0.4) is 0 Å². The van der Waals surface area contributed by atoms with Gasteiger partial charge < -0.3 is 10.6 Å². The predicted molar refractivity (Wildman–Crippen MR) is 89.8 cm³/mol. The molecule has 0 aliphatic heterocycles. The van der Waals surface area contributed by atoms with Crippen LogP contribution in [0.1, 0.15) is 36.2 Å². The van der Waals surface area contributed by atoms with Crippen molar-refractivity contribution >= 4 is 17.3 Å². The molecule has 0 bridgehead atoms. The number of nitrogens with one attached hydrogen (secondary N) is 2. The van der Waals surface area contributed by atoms with Crippen LogP contribution < -0.4 is 10.6 Å². The molecule has 142 valence electrons. The van der Waals surface area contributed by atoms with Crippen LogP contribution >= 0.6 is 11.3 Å². The summed E-state index contributed by atoms with van der Waals surface area (Å²) in [5, 5.41) is 6.99. The second-order valence-electron chi connectivity index (χ2n) is 5.35. The average Bonchev–Trinajstić information content (AvgIpc) is 3.02. The van der Waals surface area contributed by atoms with Crippen LogP contribution in [-0.2, 0) is 12.7 Å². The molecule has 1 aromatic heterocycles. The van der Waals surface area contributed by atoms with Gasteiger partial charge in [0.25, 0.3) is 0 Å². The second kappa shape index (κ2) is 8.43. The molecule has 1 heterocycles. The normalized spacial score (nSPS) is 13.6. The van der Waals surface area contributed by atoms with Crippen molar-refractivity contribution in [3.63, 3.8) is 0 Å². The van der Waals surface area contributed by atoms with E-state index in [1.807, 2.05) is 6.92 Å². The minimum absolute atomic E-state index is 0.0608. The summed E-state index contributed by atoms with van der Waals surface area (Å²) in [7, 11) is 0. The Bertz CT molecular complexity index is 772. The van der Waals surface area contributed by atoms with E-state index in [-0.39, 0.29) is 23.1 Å². The Balaban J connectivity index is 2.09. The van der Waals surface area contributed by atoms with E-state index < -0.39 is 29.5 Å². The number of alkyl halides is 3. The Hall–Kier alpha value is -2.23. The Kier molecular flexibility index (Phi) is 6.52. The lowest BCUT2D eigenvalue weighted by atomic mass is 10.1. The second-order valence-corrected chi connectivity index (χ2v) is 6.29. The number of halogens is 5. The number of benzene rings is 1. The van der Waals surface area contributed by atoms with Crippen LogP contribution in [0, 0.1) is 11.6 Å². The van der Waals surface area contributed by atoms with Crippen molar-refractivity contribution in [1.29, 1.82) is 0 Å². The van der Waals surface area contributed by atoms with E-state index in [1.165, 1.54) is 6.07 Å². The molecule has 26 heavy (non-hydrogen) atoms. The van der Waals surface area contributed by atoms with Gasteiger partial charge in [-0.15, -0.1) is 11.3 Å². The van der Waals surface area contributed by atoms with E-state index in [0.29, 0.717) is 6.54 Å². The maximum atomic E-state index is 13.8. The van der Waals surface area contributed by atoms with Gasteiger partial charge in [-0.25, -0.2) is 18.8 Å². The minimum atomic E-state index is -4.49. The van der Waals surface area contributed by atoms with Crippen LogP contribution in [0.25, 0.3) is 0 Å². The first-order chi connectivity index (χ1) is 12.2. The van der Waals surface area contributed by atoms with Crippen molar-refractivity contribution in [3.8, 4) is 0 Å². The monoisotopic (exact) mass is 392 g/mol. The molecule has 4 nitrogen and oxygen atoms in total. The summed E-state index contributed by atoms with van der Waals surface area (Å²) in [6.45, 7) is 3.91. The molecule has 0 aliphatic carbocycles. The highest BCUT2D eigenvalue weighted by Crippen LogP contribution is 2.30. The third kappa shape index (κ3) is 5.38. The van der Waals surface area contributed by atoms with Crippen LogP contribution in [0.2, 0.25) is 0 Å². The van der Waals surface area contributed by atoms with Crippen LogP contribution in [-0.4, -0.2) is 17.5 Å². The summed E-state index contributed by atoms with van der Waals surface area (Å²) in [6, 6.07) is 2.72. The topological polar surface area (TPSA) is 49.3 Å². The number of nitrogens with zero attached hydrogens (tertiary/aromatic N) is 2. The van der Waals surface area contributed by atoms with Crippen molar-refractivity contribution in [2.75, 3.05) is 6.54 Å². The van der Waals surface area contributed by atoms with Gasteiger partial charge in [-0.05, 0) is 19.9 Å². The zero-order valence-electron chi connectivity index (χ0n) is 14.0. The zero-order valence-corrected chi connectivity index (χ0v) is 14.8. The molecule has 10 heteroatoms. The minimum Gasteiger partial charge on any atom is -0.357 e. The number of guanidine groups is 1. The van der Waals surface area contributed by atoms with Gasteiger partial charge in [0.2, 0.25) is 0 Å². The van der Waals surface area contributed by atoms with Gasteiger partial charge in [0.15, 0.2) is 11.7 Å². The highest BCUT2D eigenvalue weighted by Gasteiger charge is 2.33. The zero-order chi connectivity index (χ0) is 19.3. The van der Waals surface area contributed by atoms with Crippen LogP contribution in [0.15, 0.2) is 28.6 Å². The van der Waals surface area contributed by atoms with E-state index in [1.54, 1.807) is 6.92 Å². The summed E-state index contributed by atoms with van der Waals surface area (Å²) in [4.78, 5) is 7.67. The first kappa shape index (κ1) is 20.1. The molecule has 0 saturated carbocycles. The largest absolute Gasteiger partial charge is 0.434 e. The maximum absolute atomic E-state index is 13.8. The lowest BCUT2D eigenvalue weighted by molar-refractivity contribution is -0.140. The van der Waals surface area contributed by atoms with Crippen molar-refractivity contribution < 1.29 is 22.0 Å². The summed E-state index contributed by atoms with van der Waals surface area (Å²) in [5.74, 6) is -1.09. The summed E-state index contributed by atoms with van der Waals surface area (Å²) in [6.07, 6.45) is -4.49. The molecule has 0 saturated heterocycles. The summed E-state index contributed by atoms with van der Waals surface area (Å²) >= 11 is 0.860. The first-order valence-corrected chi connectivity index (χ1v) is 8.60. The molecular weight excluding hydrogens is 375 g/mol. The van der Waals surface area contributed by atoms with Crippen molar-refractivity contribution in [2.45, 2.75) is 32.6 Å². The number of hydrogen-bond donors (Lipinski definition) is 2. The fourth-order valence-electron chi connectivity index (χ4n) is 2.12. The van der Waals surface area contributed by atoms with E-state index in [4.69, 9.17) is 0 Å². The molecule has 2 rings (SSSR count). The molecule has 0 amide bonds. The molecule has 2 aromatic rings. The van der Waals surface area contributed by atoms with Crippen molar-refractivity contribution in [1.82, 2.24) is 15.6 Å². The molecule has 0 radical (unpaired) electrons. The molecule has 0 aliphatic rings. The maximum Gasteiger partial charge on any atom is 0.434 e. The third-order valence-corrected chi connectivity index (χ3v) is 4.17. The highest BCUT2D eigenvalue weighted by molar-refractivity contribution is 7.09. The molecule has 1 atom stereocenters. The van der Waals surface area contributed by atoms with Gasteiger partial charge >= 0.3 is 6.18 Å². The summed E-state index contributed by atoms with van der Waals surface area (Å²) in [5.41, 5.74) is -0.710. The van der Waals surface area contributed by atoms with Gasteiger partial charge in [-0.3, -0.25) is 0 Å². The number of aliphatic imine (C=N–C) groups is 1. The predicted octanol–water partition coefficient (Wildman–Crippen LogP) is 4.26. The molecular formula is C16H17F5N4S. The van der Waals surface area contributed by atoms with Crippen molar-refractivity contribution in [3.05, 3.63) is 51.5 Å². The Morgan fingerprint density at radius 3 is 2.62 bits per heavy atom. The lowest BCUT2D eigenvalue weighted by Gasteiger charge is -2.18. The smallest absolute Gasteiger partial charge is 0.357 e. The van der Waals surface area contributed by atoms with Gasteiger partial charge in [-0.1, -0.05) is 6.07 Å². The molecule has 0 fully saturated rings. The fraction of sp³-hybridized carbons (Fsp3) is 0.375. The van der Waals surface area contributed by atoms with E-state index in [2.05, 4.69) is 20.6 Å². The molecule has 1 unspecified atom stereocenters. The first-order valence-electron chi connectivity index (χ1n) is 7.72. The Morgan fingerprint density at radius 1 is 1.31 bits per heavy atom. The van der Waals surface area contributed by atoms with Crippen molar-refractivity contribution in [2.24, 2.45) is 4.99 Å². The molecule has 1 aromatic carbocycles. The van der Waals surface area contributed by atoms with Crippen LogP contribution in [0.4, 0.5) is 22.0 Å². The Labute approximate surface area is 151 Å². The number of thiazole rings is 1. The van der Waals surface area contributed by atoms with Crippen LogP contribution in [0.5, 0.6) is 0 Å². The average molecular weight is 392 g/mol. The number of aromatic nitrogens is 1. The highest BCUT2D eigenvalue weighted by atomic mass is 32.1. The van der Waals surface area contributed by atoms with Gasteiger partial charge in [0, 0.05) is 23.6 Å². The van der Waals surface area contributed by atoms with E-state index >= 15 is 0 Å².